The normalized spacial score (nSPS) is 12.2. The van der Waals surface area contributed by atoms with Gasteiger partial charge < -0.3 is 19.5 Å². The number of benzene rings is 2. The van der Waals surface area contributed by atoms with E-state index in [1.54, 1.807) is 28.8 Å². The van der Waals surface area contributed by atoms with Crippen LogP contribution in [0.4, 0.5) is 4.39 Å². The Bertz CT molecular complexity index is 1210. The van der Waals surface area contributed by atoms with Gasteiger partial charge in [0.1, 0.15) is 17.1 Å². The zero-order chi connectivity index (χ0) is 23.4. The fourth-order valence-corrected chi connectivity index (χ4v) is 4.04. The molecule has 1 aromatic heterocycles. The third-order valence-corrected chi connectivity index (χ3v) is 5.68. The van der Waals surface area contributed by atoms with Crippen LogP contribution in [0, 0.1) is 5.82 Å². The minimum Gasteiger partial charge on any atom is -0.494 e. The Labute approximate surface area is 189 Å². The number of rotatable bonds is 9. The Morgan fingerprint density at radius 3 is 2.62 bits per heavy atom. The Hall–Kier alpha value is -2.90. The van der Waals surface area contributed by atoms with Crippen LogP contribution in [-0.2, 0) is 6.42 Å². The summed E-state index contributed by atoms with van der Waals surface area (Å²) in [5, 5.41) is 19.7. The van der Waals surface area contributed by atoms with Crippen molar-refractivity contribution in [3.63, 3.8) is 0 Å². The van der Waals surface area contributed by atoms with Crippen molar-refractivity contribution in [2.75, 3.05) is 13.2 Å². The number of ether oxygens (including phenoxy) is 1. The minimum absolute atomic E-state index is 0.0119. The van der Waals surface area contributed by atoms with Crippen molar-refractivity contribution >= 4 is 28.5 Å². The number of aromatic nitrogens is 1. The van der Waals surface area contributed by atoms with Crippen LogP contribution in [0.1, 0.15) is 54.2 Å². The SMILES string of the molecule is CCCC(CO)n1cc(C(=O)O)c(=O)c2cc(Cc3cccc(Cl)c3F)c(OCC)cc21. The summed E-state index contributed by atoms with van der Waals surface area (Å²) < 4.78 is 21.9. The van der Waals surface area contributed by atoms with E-state index in [4.69, 9.17) is 16.3 Å². The first-order chi connectivity index (χ1) is 15.3. The summed E-state index contributed by atoms with van der Waals surface area (Å²) in [6, 6.07) is 7.47. The molecule has 0 aliphatic carbocycles. The van der Waals surface area contributed by atoms with E-state index in [1.807, 2.05) is 13.8 Å². The summed E-state index contributed by atoms with van der Waals surface area (Å²) in [6.45, 7) is 3.88. The molecule has 0 aliphatic rings. The molecular weight excluding hydrogens is 437 g/mol. The van der Waals surface area contributed by atoms with Crippen LogP contribution in [0.5, 0.6) is 5.75 Å². The van der Waals surface area contributed by atoms with Gasteiger partial charge in [-0.25, -0.2) is 9.18 Å². The average molecular weight is 462 g/mol. The standard InChI is InChI=1S/C24H25ClFNO5/c1-3-6-16(13-28)27-12-18(24(30)31)23(29)17-10-15(21(32-4-2)11-20(17)27)9-14-7-5-8-19(25)22(14)26/h5,7-8,10-12,16,28H,3-4,6,9,13H2,1-2H3,(H,30,31). The molecule has 2 aromatic carbocycles. The number of fused-ring (bicyclic) bond motifs is 1. The van der Waals surface area contributed by atoms with Crippen LogP contribution >= 0.6 is 11.6 Å². The molecule has 0 aliphatic heterocycles. The number of hydrogen-bond acceptors (Lipinski definition) is 4. The van der Waals surface area contributed by atoms with E-state index in [0.717, 1.165) is 6.42 Å². The van der Waals surface area contributed by atoms with E-state index in [-0.39, 0.29) is 23.4 Å². The number of aromatic carboxylic acids is 1. The van der Waals surface area contributed by atoms with Gasteiger partial charge in [0.15, 0.2) is 0 Å². The maximum absolute atomic E-state index is 14.5. The van der Waals surface area contributed by atoms with Gasteiger partial charge in [-0.05, 0) is 36.6 Å². The van der Waals surface area contributed by atoms with Gasteiger partial charge in [-0.15, -0.1) is 0 Å². The highest BCUT2D eigenvalue weighted by Crippen LogP contribution is 2.31. The Balaban J connectivity index is 2.31. The van der Waals surface area contributed by atoms with Crippen molar-refractivity contribution in [2.24, 2.45) is 0 Å². The molecule has 0 amide bonds. The first kappa shape index (κ1) is 23.8. The molecule has 2 N–H and O–H groups in total. The number of hydrogen-bond donors (Lipinski definition) is 2. The second-order valence-electron chi connectivity index (χ2n) is 7.51. The number of carboxylic acid groups (broad SMARTS) is 1. The minimum atomic E-state index is -1.35. The summed E-state index contributed by atoms with van der Waals surface area (Å²) in [6.07, 6.45) is 2.72. The second kappa shape index (κ2) is 10.1. The highest BCUT2D eigenvalue weighted by Gasteiger charge is 2.21. The van der Waals surface area contributed by atoms with Crippen LogP contribution in [0.15, 0.2) is 41.3 Å². The molecule has 0 bridgehead atoms. The van der Waals surface area contributed by atoms with Gasteiger partial charge in [-0.2, -0.15) is 0 Å². The summed E-state index contributed by atoms with van der Waals surface area (Å²) in [5.74, 6) is -1.46. The first-order valence-corrected chi connectivity index (χ1v) is 10.8. The van der Waals surface area contributed by atoms with Crippen molar-refractivity contribution in [1.82, 2.24) is 4.57 Å². The topological polar surface area (TPSA) is 88.8 Å². The van der Waals surface area contributed by atoms with E-state index in [9.17, 15) is 24.2 Å². The number of aliphatic hydroxyl groups excluding tert-OH is 1. The quantitative estimate of drug-likeness (QED) is 0.477. The van der Waals surface area contributed by atoms with E-state index in [2.05, 4.69) is 0 Å². The lowest BCUT2D eigenvalue weighted by Crippen LogP contribution is -2.23. The highest BCUT2D eigenvalue weighted by molar-refractivity contribution is 6.30. The lowest BCUT2D eigenvalue weighted by atomic mass is 9.99. The van der Waals surface area contributed by atoms with E-state index in [0.29, 0.717) is 35.4 Å². The number of aliphatic hydroxyl groups is 1. The molecule has 6 nitrogen and oxygen atoms in total. The molecule has 0 saturated heterocycles. The van der Waals surface area contributed by atoms with Gasteiger partial charge in [-0.1, -0.05) is 37.1 Å². The zero-order valence-electron chi connectivity index (χ0n) is 17.9. The maximum Gasteiger partial charge on any atom is 0.341 e. The highest BCUT2D eigenvalue weighted by atomic mass is 35.5. The lowest BCUT2D eigenvalue weighted by molar-refractivity contribution is 0.0694. The van der Waals surface area contributed by atoms with Crippen LogP contribution in [0.2, 0.25) is 5.02 Å². The number of nitrogens with zero attached hydrogens (tertiary/aromatic N) is 1. The van der Waals surface area contributed by atoms with Crippen molar-refractivity contribution < 1.29 is 24.1 Å². The third kappa shape index (κ3) is 4.64. The van der Waals surface area contributed by atoms with E-state index < -0.39 is 28.8 Å². The first-order valence-electron chi connectivity index (χ1n) is 10.4. The molecule has 3 rings (SSSR count). The monoisotopic (exact) mass is 461 g/mol. The second-order valence-corrected chi connectivity index (χ2v) is 7.92. The largest absolute Gasteiger partial charge is 0.494 e. The van der Waals surface area contributed by atoms with Crippen molar-refractivity contribution in [3.05, 3.63) is 74.3 Å². The Morgan fingerprint density at radius 2 is 2.00 bits per heavy atom. The van der Waals surface area contributed by atoms with Crippen LogP contribution < -0.4 is 10.2 Å². The fourth-order valence-electron chi connectivity index (χ4n) is 3.85. The van der Waals surface area contributed by atoms with Crippen LogP contribution in [0.25, 0.3) is 10.9 Å². The zero-order valence-corrected chi connectivity index (χ0v) is 18.7. The van der Waals surface area contributed by atoms with E-state index in [1.165, 1.54) is 12.3 Å². The molecule has 3 aromatic rings. The van der Waals surface area contributed by atoms with Gasteiger partial charge in [0.25, 0.3) is 0 Å². The predicted octanol–water partition coefficient (Wildman–Crippen LogP) is 4.82. The number of carbonyl (C=O) groups is 1. The van der Waals surface area contributed by atoms with Gasteiger partial charge in [-0.3, -0.25) is 4.79 Å². The van der Waals surface area contributed by atoms with Crippen molar-refractivity contribution in [2.45, 2.75) is 39.2 Å². The van der Waals surface area contributed by atoms with Crippen LogP contribution in [0.3, 0.4) is 0 Å². The number of pyridine rings is 1. The molecular formula is C24H25ClFNO5. The molecule has 0 radical (unpaired) electrons. The van der Waals surface area contributed by atoms with Gasteiger partial charge in [0.05, 0.1) is 29.8 Å². The Morgan fingerprint density at radius 1 is 1.25 bits per heavy atom. The molecule has 8 heteroatoms. The summed E-state index contributed by atoms with van der Waals surface area (Å²) in [7, 11) is 0. The molecule has 32 heavy (non-hydrogen) atoms. The number of carboxylic acids is 1. The van der Waals surface area contributed by atoms with Crippen LogP contribution in [-0.4, -0.2) is 34.0 Å². The Kier molecular flexibility index (Phi) is 7.53. The van der Waals surface area contributed by atoms with Gasteiger partial charge in [0, 0.05) is 24.1 Å². The molecule has 0 fully saturated rings. The van der Waals surface area contributed by atoms with Crippen molar-refractivity contribution in [3.8, 4) is 5.75 Å². The maximum atomic E-state index is 14.5. The summed E-state index contributed by atoms with van der Waals surface area (Å²) in [5.41, 5.74) is 0.268. The summed E-state index contributed by atoms with van der Waals surface area (Å²) >= 11 is 5.91. The lowest BCUT2D eigenvalue weighted by Gasteiger charge is -2.22. The van der Waals surface area contributed by atoms with Gasteiger partial charge >= 0.3 is 5.97 Å². The molecule has 1 heterocycles. The predicted molar refractivity (Wildman–Crippen MR) is 122 cm³/mol. The summed E-state index contributed by atoms with van der Waals surface area (Å²) in [4.78, 5) is 24.7. The molecule has 0 spiro atoms. The third-order valence-electron chi connectivity index (χ3n) is 5.38. The molecule has 0 saturated carbocycles. The fraction of sp³-hybridized carbons (Fsp3) is 0.333. The molecule has 170 valence electrons. The van der Waals surface area contributed by atoms with Gasteiger partial charge in [0.2, 0.25) is 5.43 Å². The molecule has 1 atom stereocenters. The van der Waals surface area contributed by atoms with E-state index >= 15 is 0 Å². The smallest absolute Gasteiger partial charge is 0.341 e. The number of halogens is 2. The average Bonchev–Trinajstić information content (AvgIpc) is 2.76. The van der Waals surface area contributed by atoms with Crippen molar-refractivity contribution in [1.29, 1.82) is 0 Å². The molecule has 1 unspecified atom stereocenters.